The zero-order valence-corrected chi connectivity index (χ0v) is 13.0. The molecule has 0 spiro atoms. The van der Waals surface area contributed by atoms with Crippen LogP contribution >= 0.6 is 11.3 Å². The van der Waals surface area contributed by atoms with Crippen molar-refractivity contribution < 1.29 is 0 Å². The molecule has 4 heteroatoms. The molecular weight excluding hydrogens is 254 g/mol. The maximum Gasteiger partial charge on any atom is 0.0952 e. The summed E-state index contributed by atoms with van der Waals surface area (Å²) in [6.07, 6.45) is 4.79. The summed E-state index contributed by atoms with van der Waals surface area (Å²) in [4.78, 5) is 7.02. The maximum absolute atomic E-state index is 6.27. The first-order valence-electron chi connectivity index (χ1n) is 6.79. The predicted octanol–water partition coefficient (Wildman–Crippen LogP) is 3.66. The Balaban J connectivity index is 2.15. The molecule has 0 radical (unpaired) electrons. The highest BCUT2D eigenvalue weighted by Gasteiger charge is 2.14. The van der Waals surface area contributed by atoms with Crippen molar-refractivity contribution >= 4 is 11.3 Å². The molecule has 2 heterocycles. The molecule has 0 saturated carbocycles. The Kier molecular flexibility index (Phi) is 4.42. The Bertz CT molecular complexity index is 520. The van der Waals surface area contributed by atoms with Crippen molar-refractivity contribution in [3.8, 4) is 0 Å². The van der Waals surface area contributed by atoms with Gasteiger partial charge in [0.15, 0.2) is 0 Å². The van der Waals surface area contributed by atoms with Gasteiger partial charge in [-0.05, 0) is 37.8 Å². The molecule has 1 unspecified atom stereocenters. The molecule has 0 aliphatic carbocycles. The van der Waals surface area contributed by atoms with E-state index in [1.165, 1.54) is 15.3 Å². The molecule has 0 aliphatic rings. The first-order chi connectivity index (χ1) is 8.97. The minimum Gasteiger partial charge on any atom is -0.328 e. The van der Waals surface area contributed by atoms with Crippen molar-refractivity contribution in [3.63, 3.8) is 0 Å². The maximum atomic E-state index is 6.27. The largest absolute Gasteiger partial charge is 0.328 e. The topological polar surface area (TPSA) is 43.8 Å². The normalized spacial score (nSPS) is 13.2. The average molecular weight is 277 g/mol. The van der Waals surface area contributed by atoms with E-state index in [1.807, 2.05) is 23.9 Å². The highest BCUT2D eigenvalue weighted by Crippen LogP contribution is 2.24. The lowest BCUT2D eigenvalue weighted by Gasteiger charge is -2.16. The van der Waals surface area contributed by atoms with Crippen LogP contribution in [0.1, 0.15) is 47.3 Å². The molecule has 0 fully saturated rings. The summed E-state index contributed by atoms with van der Waals surface area (Å²) < 4.78 is 2.18. The van der Waals surface area contributed by atoms with Crippen molar-refractivity contribution in [3.05, 3.63) is 39.6 Å². The summed E-state index contributed by atoms with van der Waals surface area (Å²) in [5, 5.41) is 0. The molecule has 0 amide bonds. The second kappa shape index (κ2) is 5.88. The molecule has 2 aromatic heterocycles. The Morgan fingerprint density at radius 3 is 2.68 bits per heavy atom. The Labute approximate surface area is 119 Å². The van der Waals surface area contributed by atoms with E-state index in [0.717, 1.165) is 18.7 Å². The summed E-state index contributed by atoms with van der Waals surface area (Å²) in [6.45, 7) is 9.61. The predicted molar refractivity (Wildman–Crippen MR) is 81.5 cm³/mol. The lowest BCUT2D eigenvalue weighted by molar-refractivity contribution is 0.489. The highest BCUT2D eigenvalue weighted by atomic mass is 32.1. The third-order valence-electron chi connectivity index (χ3n) is 3.39. The second-order valence-corrected chi connectivity index (χ2v) is 6.98. The summed E-state index contributed by atoms with van der Waals surface area (Å²) in [7, 11) is 0. The van der Waals surface area contributed by atoms with Crippen LogP contribution in [0.4, 0.5) is 0 Å². The van der Waals surface area contributed by atoms with Gasteiger partial charge in [0.1, 0.15) is 0 Å². The highest BCUT2D eigenvalue weighted by molar-refractivity contribution is 7.12. The van der Waals surface area contributed by atoms with Crippen LogP contribution in [0, 0.1) is 19.8 Å². The van der Waals surface area contributed by atoms with Crippen molar-refractivity contribution in [1.29, 1.82) is 0 Å². The van der Waals surface area contributed by atoms with Crippen LogP contribution < -0.4 is 5.73 Å². The molecule has 0 aromatic carbocycles. The van der Waals surface area contributed by atoms with Gasteiger partial charge < -0.3 is 10.3 Å². The molecule has 104 valence electrons. The van der Waals surface area contributed by atoms with Crippen LogP contribution in [0.2, 0.25) is 0 Å². The van der Waals surface area contributed by atoms with Gasteiger partial charge in [0.25, 0.3) is 0 Å². The summed E-state index contributed by atoms with van der Waals surface area (Å²) in [6, 6.07) is 2.34. The Hall–Kier alpha value is -1.13. The summed E-state index contributed by atoms with van der Waals surface area (Å²) in [5.74, 6) is 0.601. The monoisotopic (exact) mass is 277 g/mol. The fourth-order valence-corrected chi connectivity index (χ4v) is 3.35. The number of imidazole rings is 1. The molecule has 19 heavy (non-hydrogen) atoms. The molecule has 1 atom stereocenters. The van der Waals surface area contributed by atoms with Gasteiger partial charge >= 0.3 is 0 Å². The standard InChI is InChI=1S/C15H23N3S/c1-10(2)5-14(16)15-7-17-9-18(15)8-13-6-11(3)12(4)19-13/h6-7,9-10,14H,5,8,16H2,1-4H3. The van der Waals surface area contributed by atoms with Gasteiger partial charge in [-0.3, -0.25) is 0 Å². The molecule has 0 bridgehead atoms. The number of aryl methyl sites for hydroxylation is 2. The molecule has 0 aliphatic heterocycles. The third kappa shape index (κ3) is 3.45. The average Bonchev–Trinajstić information content (AvgIpc) is 2.86. The van der Waals surface area contributed by atoms with E-state index in [9.17, 15) is 0 Å². The number of hydrogen-bond acceptors (Lipinski definition) is 3. The number of nitrogens with two attached hydrogens (primary N) is 1. The Morgan fingerprint density at radius 2 is 2.11 bits per heavy atom. The molecule has 3 nitrogen and oxygen atoms in total. The van der Waals surface area contributed by atoms with E-state index >= 15 is 0 Å². The SMILES string of the molecule is Cc1cc(Cn2cncc2C(N)CC(C)C)sc1C. The minimum absolute atomic E-state index is 0.0738. The first kappa shape index (κ1) is 14.3. The fraction of sp³-hybridized carbons (Fsp3) is 0.533. The molecule has 0 saturated heterocycles. The van der Waals surface area contributed by atoms with Gasteiger partial charge in [0.05, 0.1) is 18.6 Å². The molecule has 2 aromatic rings. The Morgan fingerprint density at radius 1 is 1.37 bits per heavy atom. The minimum atomic E-state index is 0.0738. The second-order valence-electron chi connectivity index (χ2n) is 5.63. The fourth-order valence-electron chi connectivity index (χ4n) is 2.30. The van der Waals surface area contributed by atoms with Gasteiger partial charge in [0.2, 0.25) is 0 Å². The number of thiophene rings is 1. The van der Waals surface area contributed by atoms with E-state index < -0.39 is 0 Å². The lowest BCUT2D eigenvalue weighted by atomic mass is 10.0. The number of rotatable bonds is 5. The lowest BCUT2D eigenvalue weighted by Crippen LogP contribution is -2.17. The smallest absolute Gasteiger partial charge is 0.0952 e. The van der Waals surface area contributed by atoms with Crippen LogP contribution in [0.25, 0.3) is 0 Å². The van der Waals surface area contributed by atoms with Crippen LogP contribution in [0.3, 0.4) is 0 Å². The first-order valence-corrected chi connectivity index (χ1v) is 7.60. The van der Waals surface area contributed by atoms with Crippen molar-refractivity contribution in [2.24, 2.45) is 11.7 Å². The van der Waals surface area contributed by atoms with E-state index in [0.29, 0.717) is 5.92 Å². The van der Waals surface area contributed by atoms with Crippen LogP contribution in [0.15, 0.2) is 18.6 Å². The van der Waals surface area contributed by atoms with E-state index in [2.05, 4.69) is 43.3 Å². The van der Waals surface area contributed by atoms with Crippen molar-refractivity contribution in [2.45, 2.75) is 46.7 Å². The van der Waals surface area contributed by atoms with Gasteiger partial charge in [0, 0.05) is 22.0 Å². The van der Waals surface area contributed by atoms with Gasteiger partial charge in [-0.25, -0.2) is 4.98 Å². The molecule has 2 N–H and O–H groups in total. The van der Waals surface area contributed by atoms with Crippen molar-refractivity contribution in [2.75, 3.05) is 0 Å². The van der Waals surface area contributed by atoms with Crippen molar-refractivity contribution in [1.82, 2.24) is 9.55 Å². The van der Waals surface area contributed by atoms with Crippen LogP contribution in [0.5, 0.6) is 0 Å². The van der Waals surface area contributed by atoms with E-state index in [4.69, 9.17) is 5.73 Å². The summed E-state index contributed by atoms with van der Waals surface area (Å²) >= 11 is 1.86. The molecular formula is C15H23N3S. The number of hydrogen-bond donors (Lipinski definition) is 1. The van der Waals surface area contributed by atoms with E-state index in [1.54, 1.807) is 0 Å². The zero-order valence-electron chi connectivity index (χ0n) is 12.2. The van der Waals surface area contributed by atoms with Crippen LogP contribution in [-0.4, -0.2) is 9.55 Å². The number of aromatic nitrogens is 2. The van der Waals surface area contributed by atoms with E-state index in [-0.39, 0.29) is 6.04 Å². The number of nitrogens with zero attached hydrogens (tertiary/aromatic N) is 2. The van der Waals surface area contributed by atoms with Gasteiger partial charge in [-0.2, -0.15) is 0 Å². The third-order valence-corrected chi connectivity index (χ3v) is 4.53. The van der Waals surface area contributed by atoms with Crippen LogP contribution in [-0.2, 0) is 6.54 Å². The van der Waals surface area contributed by atoms with Gasteiger partial charge in [-0.1, -0.05) is 13.8 Å². The molecule has 2 rings (SSSR count). The summed E-state index contributed by atoms with van der Waals surface area (Å²) in [5.41, 5.74) is 8.78. The van der Waals surface area contributed by atoms with Gasteiger partial charge in [-0.15, -0.1) is 11.3 Å². The quantitative estimate of drug-likeness (QED) is 0.906. The zero-order chi connectivity index (χ0) is 14.0.